The minimum atomic E-state index is -3.87. The Hall–Kier alpha value is -1.41. The number of aliphatic carboxylic acids is 1. The van der Waals surface area contributed by atoms with Gasteiger partial charge in [-0.2, -0.15) is 9.82 Å². The van der Waals surface area contributed by atoms with Crippen molar-refractivity contribution in [1.82, 2.24) is 14.9 Å². The van der Waals surface area contributed by atoms with Crippen LogP contribution in [0.25, 0.3) is 0 Å². The van der Waals surface area contributed by atoms with Crippen LogP contribution in [0.5, 0.6) is 0 Å². The van der Waals surface area contributed by atoms with Gasteiger partial charge in [-0.15, -0.1) is 0 Å². The first kappa shape index (κ1) is 13.7. The minimum absolute atomic E-state index is 0.0898. The zero-order valence-corrected chi connectivity index (χ0v) is 10.6. The summed E-state index contributed by atoms with van der Waals surface area (Å²) in [6, 6.07) is -1.21. The molecule has 17 heavy (non-hydrogen) atoms. The number of nitrogens with one attached hydrogen (secondary N) is 2. The molecule has 1 aromatic rings. The summed E-state index contributed by atoms with van der Waals surface area (Å²) in [7, 11) is -3.87. The van der Waals surface area contributed by atoms with Crippen molar-refractivity contribution in [2.24, 2.45) is 5.41 Å². The van der Waals surface area contributed by atoms with Crippen LogP contribution in [0.2, 0.25) is 0 Å². The number of hydrogen-bond donors (Lipinski definition) is 3. The molecule has 0 aliphatic carbocycles. The van der Waals surface area contributed by atoms with E-state index in [4.69, 9.17) is 5.11 Å². The molecule has 1 atom stereocenters. The molecule has 0 spiro atoms. The average molecular weight is 261 g/mol. The number of carboxylic acid groups (broad SMARTS) is 1. The van der Waals surface area contributed by atoms with Crippen molar-refractivity contribution in [1.29, 1.82) is 0 Å². The maximum Gasteiger partial charge on any atom is 0.322 e. The molecule has 7 nitrogen and oxygen atoms in total. The summed E-state index contributed by atoms with van der Waals surface area (Å²) < 4.78 is 25.8. The van der Waals surface area contributed by atoms with Crippen molar-refractivity contribution in [2.75, 3.05) is 0 Å². The van der Waals surface area contributed by atoms with Gasteiger partial charge in [0, 0.05) is 6.20 Å². The largest absolute Gasteiger partial charge is 0.480 e. The number of nitrogens with zero attached hydrogens (tertiary/aromatic N) is 1. The quantitative estimate of drug-likeness (QED) is 0.716. The third kappa shape index (κ3) is 3.27. The second-order valence-corrected chi connectivity index (χ2v) is 6.41. The fourth-order valence-corrected chi connectivity index (χ4v) is 2.51. The highest BCUT2D eigenvalue weighted by Gasteiger charge is 2.35. The summed E-state index contributed by atoms with van der Waals surface area (Å²) in [6.45, 7) is 4.93. The van der Waals surface area contributed by atoms with Crippen molar-refractivity contribution in [2.45, 2.75) is 31.7 Å². The topological polar surface area (TPSA) is 112 Å². The van der Waals surface area contributed by atoms with Crippen LogP contribution in [0.4, 0.5) is 0 Å². The molecule has 0 saturated carbocycles. The second-order valence-electron chi connectivity index (χ2n) is 4.69. The molecule has 0 aliphatic rings. The molecule has 1 rings (SSSR count). The van der Waals surface area contributed by atoms with Crippen LogP contribution in [-0.2, 0) is 14.8 Å². The summed E-state index contributed by atoms with van der Waals surface area (Å²) in [5.41, 5.74) is -0.733. The van der Waals surface area contributed by atoms with Gasteiger partial charge in [0.05, 0.1) is 6.20 Å². The smallest absolute Gasteiger partial charge is 0.322 e. The summed E-state index contributed by atoms with van der Waals surface area (Å²) in [5.74, 6) is -1.22. The summed E-state index contributed by atoms with van der Waals surface area (Å²) in [4.78, 5) is 11.0. The highest BCUT2D eigenvalue weighted by molar-refractivity contribution is 7.89. The van der Waals surface area contributed by atoms with E-state index in [-0.39, 0.29) is 4.90 Å². The molecular weight excluding hydrogens is 246 g/mol. The zero-order chi connectivity index (χ0) is 13.3. The van der Waals surface area contributed by atoms with E-state index in [1.807, 2.05) is 0 Å². The monoisotopic (exact) mass is 261 g/mol. The van der Waals surface area contributed by atoms with Gasteiger partial charge >= 0.3 is 5.97 Å². The summed E-state index contributed by atoms with van der Waals surface area (Å²) in [6.07, 6.45) is 2.30. The van der Waals surface area contributed by atoms with Crippen LogP contribution in [0.15, 0.2) is 17.3 Å². The number of H-pyrrole nitrogens is 1. The van der Waals surface area contributed by atoms with Crippen molar-refractivity contribution < 1.29 is 18.3 Å². The lowest BCUT2D eigenvalue weighted by molar-refractivity contribution is -0.141. The fourth-order valence-electron chi connectivity index (χ4n) is 1.21. The molecule has 0 unspecified atom stereocenters. The number of rotatable bonds is 4. The van der Waals surface area contributed by atoms with E-state index in [2.05, 4.69) is 14.9 Å². The van der Waals surface area contributed by atoms with E-state index in [1.165, 1.54) is 6.20 Å². The Balaban J connectivity index is 3.01. The van der Waals surface area contributed by atoms with Crippen LogP contribution < -0.4 is 4.72 Å². The molecule has 1 aromatic heterocycles. The zero-order valence-electron chi connectivity index (χ0n) is 9.76. The molecule has 0 amide bonds. The molecule has 0 fully saturated rings. The lowest BCUT2D eigenvalue weighted by Crippen LogP contribution is -2.48. The first-order valence-electron chi connectivity index (χ1n) is 4.88. The van der Waals surface area contributed by atoms with E-state index in [0.29, 0.717) is 0 Å². The first-order valence-corrected chi connectivity index (χ1v) is 6.37. The number of carboxylic acids is 1. The van der Waals surface area contributed by atoms with Crippen molar-refractivity contribution in [3.63, 3.8) is 0 Å². The van der Waals surface area contributed by atoms with Gasteiger partial charge in [-0.05, 0) is 5.41 Å². The number of aromatic nitrogens is 2. The second kappa shape index (κ2) is 4.46. The normalized spacial score (nSPS) is 14.5. The standard InChI is InChI=1S/C9H15N3O4S/c1-9(2,3)7(8(13)14)12-17(15,16)6-4-10-11-5-6/h4-5,7,12H,1-3H3,(H,10,11)(H,13,14)/t7-/m0/s1. The highest BCUT2D eigenvalue weighted by atomic mass is 32.2. The van der Waals surface area contributed by atoms with Crippen molar-refractivity contribution >= 4 is 16.0 Å². The number of hydrogen-bond acceptors (Lipinski definition) is 4. The lowest BCUT2D eigenvalue weighted by Gasteiger charge is -2.27. The Morgan fingerprint density at radius 3 is 2.47 bits per heavy atom. The van der Waals surface area contributed by atoms with Gasteiger partial charge in [0.1, 0.15) is 10.9 Å². The van der Waals surface area contributed by atoms with E-state index < -0.39 is 27.4 Å². The predicted octanol–water partition coefficient (Wildman–Crippen LogP) is 0.187. The molecule has 8 heteroatoms. The predicted molar refractivity (Wildman–Crippen MR) is 59.8 cm³/mol. The van der Waals surface area contributed by atoms with Gasteiger partial charge in [0.15, 0.2) is 0 Å². The van der Waals surface area contributed by atoms with Crippen molar-refractivity contribution in [3.05, 3.63) is 12.4 Å². The molecule has 1 heterocycles. The summed E-state index contributed by atoms with van der Waals surface area (Å²) >= 11 is 0. The van der Waals surface area contributed by atoms with Gasteiger partial charge in [-0.3, -0.25) is 9.89 Å². The Morgan fingerprint density at radius 2 is 2.12 bits per heavy atom. The SMILES string of the molecule is CC(C)(C)[C@@H](NS(=O)(=O)c1cn[nH]c1)C(=O)O. The Morgan fingerprint density at radius 1 is 1.53 bits per heavy atom. The number of carbonyl (C=O) groups is 1. The maximum atomic E-state index is 11.8. The average Bonchev–Trinajstić information content (AvgIpc) is 2.65. The molecule has 0 bridgehead atoms. The van der Waals surface area contributed by atoms with Gasteiger partial charge in [0.2, 0.25) is 10.0 Å². The maximum absolute atomic E-state index is 11.8. The highest BCUT2D eigenvalue weighted by Crippen LogP contribution is 2.21. The van der Waals surface area contributed by atoms with Crippen LogP contribution >= 0.6 is 0 Å². The first-order chi connectivity index (χ1) is 7.64. The molecule has 0 radical (unpaired) electrons. The third-order valence-corrected chi connectivity index (χ3v) is 3.56. The molecule has 96 valence electrons. The minimum Gasteiger partial charge on any atom is -0.480 e. The van der Waals surface area contributed by atoms with E-state index in [1.54, 1.807) is 20.8 Å². The Labute approximate surface area is 99.3 Å². The van der Waals surface area contributed by atoms with Gasteiger partial charge in [-0.1, -0.05) is 20.8 Å². The lowest BCUT2D eigenvalue weighted by atomic mass is 9.88. The fraction of sp³-hybridized carbons (Fsp3) is 0.556. The Kier molecular flexibility index (Phi) is 3.58. The molecular formula is C9H15N3O4S. The van der Waals surface area contributed by atoms with E-state index in [0.717, 1.165) is 6.20 Å². The third-order valence-electron chi connectivity index (χ3n) is 2.17. The van der Waals surface area contributed by atoms with E-state index >= 15 is 0 Å². The van der Waals surface area contributed by atoms with E-state index in [9.17, 15) is 13.2 Å². The van der Waals surface area contributed by atoms with Crippen LogP contribution in [0.3, 0.4) is 0 Å². The summed E-state index contributed by atoms with van der Waals surface area (Å²) in [5, 5.41) is 14.9. The Bertz CT molecular complexity index is 487. The molecule has 0 saturated heterocycles. The van der Waals surface area contributed by atoms with Crippen LogP contribution in [0.1, 0.15) is 20.8 Å². The molecule has 0 aliphatic heterocycles. The van der Waals surface area contributed by atoms with Crippen LogP contribution in [0, 0.1) is 5.41 Å². The van der Waals surface area contributed by atoms with Crippen LogP contribution in [-0.4, -0.2) is 35.7 Å². The van der Waals surface area contributed by atoms with Crippen molar-refractivity contribution in [3.8, 4) is 0 Å². The number of sulfonamides is 1. The number of aromatic amines is 1. The van der Waals surface area contributed by atoms with Gasteiger partial charge < -0.3 is 5.11 Å². The molecule has 3 N–H and O–H groups in total. The van der Waals surface area contributed by atoms with Gasteiger partial charge in [0.25, 0.3) is 0 Å². The molecule has 0 aromatic carbocycles. The van der Waals surface area contributed by atoms with Gasteiger partial charge in [-0.25, -0.2) is 8.42 Å².